The molecule has 2 heterocycles. The molecule has 0 spiro atoms. The lowest BCUT2D eigenvalue weighted by atomic mass is 9.93. The Kier molecular flexibility index (Phi) is 6.03. The third-order valence-electron chi connectivity index (χ3n) is 6.60. The first-order valence-electron chi connectivity index (χ1n) is 12.0. The number of benzene rings is 3. The van der Waals surface area contributed by atoms with Gasteiger partial charge in [-0.3, -0.25) is 0 Å². The highest BCUT2D eigenvalue weighted by Crippen LogP contribution is 2.45. The number of nitrogens with zero attached hydrogens (tertiary/aromatic N) is 4. The average molecular weight is 467 g/mol. The van der Waals surface area contributed by atoms with Crippen molar-refractivity contribution in [1.82, 2.24) is 9.80 Å². The number of hydrazone groups is 1. The second kappa shape index (κ2) is 9.29. The quantitative estimate of drug-likeness (QED) is 0.504. The summed E-state index contributed by atoms with van der Waals surface area (Å²) in [5.74, 6) is -0.100. The Balaban J connectivity index is 1.80. The first-order valence-corrected chi connectivity index (χ1v) is 12.0. The largest absolute Gasteiger partial charge is 0.460 e. The van der Waals surface area contributed by atoms with Crippen molar-refractivity contribution in [3.05, 3.63) is 108 Å². The van der Waals surface area contributed by atoms with Crippen molar-refractivity contribution in [1.29, 1.82) is 0 Å². The van der Waals surface area contributed by atoms with Crippen LogP contribution in [-0.4, -0.2) is 48.3 Å². The SMILES string of the molecule is CCOC(=O)C1=NN(c2ccc(C)cc2)C2(c3ccccc3)C=C(c3ccccc3)N(C)CCN12. The van der Waals surface area contributed by atoms with Gasteiger partial charge in [0.05, 0.1) is 12.3 Å². The molecule has 0 saturated carbocycles. The zero-order valence-electron chi connectivity index (χ0n) is 20.4. The van der Waals surface area contributed by atoms with Crippen LogP contribution in [0.3, 0.4) is 0 Å². The zero-order chi connectivity index (χ0) is 24.4. The van der Waals surface area contributed by atoms with E-state index in [0.717, 1.165) is 34.6 Å². The lowest BCUT2D eigenvalue weighted by Gasteiger charge is -2.42. The molecule has 178 valence electrons. The number of anilines is 1. The van der Waals surface area contributed by atoms with E-state index in [0.29, 0.717) is 19.0 Å². The number of ether oxygens (including phenoxy) is 1. The van der Waals surface area contributed by atoms with Crippen LogP contribution in [-0.2, 0) is 15.2 Å². The van der Waals surface area contributed by atoms with Crippen LogP contribution in [0.25, 0.3) is 5.70 Å². The molecule has 0 aliphatic carbocycles. The van der Waals surface area contributed by atoms with Crippen molar-refractivity contribution >= 4 is 23.2 Å². The van der Waals surface area contributed by atoms with Gasteiger partial charge in [-0.2, -0.15) is 0 Å². The van der Waals surface area contributed by atoms with Crippen molar-refractivity contribution in [2.24, 2.45) is 5.10 Å². The molecule has 0 radical (unpaired) electrons. The van der Waals surface area contributed by atoms with E-state index in [-0.39, 0.29) is 0 Å². The standard InChI is InChI=1S/C29H30N4O2/c1-4-35-28(34)27-30-33(25-17-15-22(2)16-18-25)29(24-13-9-6-10-14-24)21-26(23-11-7-5-8-12-23)31(3)19-20-32(27)29/h5-18,21H,4,19-20H2,1-3H3. The fourth-order valence-corrected chi connectivity index (χ4v) is 4.83. The first-order chi connectivity index (χ1) is 17.0. The molecule has 2 aliphatic rings. The van der Waals surface area contributed by atoms with Crippen LogP contribution in [0, 0.1) is 6.92 Å². The molecule has 0 aromatic heterocycles. The van der Waals surface area contributed by atoms with Gasteiger partial charge < -0.3 is 14.5 Å². The van der Waals surface area contributed by atoms with E-state index in [4.69, 9.17) is 9.84 Å². The molecule has 0 N–H and O–H groups in total. The molecule has 35 heavy (non-hydrogen) atoms. The minimum absolute atomic E-state index is 0.291. The van der Waals surface area contributed by atoms with Crippen molar-refractivity contribution in [3.8, 4) is 0 Å². The average Bonchev–Trinajstić information content (AvgIpc) is 3.14. The molecule has 2 aliphatic heterocycles. The molecular weight excluding hydrogens is 436 g/mol. The van der Waals surface area contributed by atoms with Gasteiger partial charge in [-0.25, -0.2) is 9.80 Å². The summed E-state index contributed by atoms with van der Waals surface area (Å²) in [5.41, 5.74) is 4.42. The van der Waals surface area contributed by atoms with Crippen LogP contribution < -0.4 is 5.01 Å². The molecule has 0 fully saturated rings. The number of carbonyl (C=O) groups is 1. The molecule has 0 amide bonds. The molecule has 3 aromatic rings. The van der Waals surface area contributed by atoms with Crippen molar-refractivity contribution < 1.29 is 9.53 Å². The molecule has 0 bridgehead atoms. The van der Waals surface area contributed by atoms with E-state index >= 15 is 0 Å². The Morgan fingerprint density at radius 2 is 1.60 bits per heavy atom. The Morgan fingerprint density at radius 1 is 0.943 bits per heavy atom. The van der Waals surface area contributed by atoms with Crippen molar-refractivity contribution in [3.63, 3.8) is 0 Å². The maximum atomic E-state index is 13.2. The molecule has 1 unspecified atom stereocenters. The number of hydrogen-bond donors (Lipinski definition) is 0. The van der Waals surface area contributed by atoms with E-state index in [9.17, 15) is 4.79 Å². The van der Waals surface area contributed by atoms with Gasteiger partial charge in [0.2, 0.25) is 5.84 Å². The summed E-state index contributed by atoms with van der Waals surface area (Å²) in [6.07, 6.45) is 2.24. The van der Waals surface area contributed by atoms with Gasteiger partial charge in [-0.05, 0) is 37.6 Å². The van der Waals surface area contributed by atoms with Crippen LogP contribution in [0.15, 0.2) is 96.1 Å². The van der Waals surface area contributed by atoms with Gasteiger partial charge in [0.25, 0.3) is 0 Å². The Hall–Kier alpha value is -4.06. The summed E-state index contributed by atoms with van der Waals surface area (Å²) in [6.45, 7) is 5.49. The van der Waals surface area contributed by atoms with Gasteiger partial charge in [0.1, 0.15) is 0 Å². The van der Waals surface area contributed by atoms with Crippen molar-refractivity contribution in [2.45, 2.75) is 19.5 Å². The predicted octanol–water partition coefficient (Wildman–Crippen LogP) is 4.83. The minimum atomic E-state index is -0.853. The summed E-state index contributed by atoms with van der Waals surface area (Å²) >= 11 is 0. The maximum absolute atomic E-state index is 13.2. The summed E-state index contributed by atoms with van der Waals surface area (Å²) < 4.78 is 5.47. The van der Waals surface area contributed by atoms with E-state index in [1.165, 1.54) is 0 Å². The van der Waals surface area contributed by atoms with Gasteiger partial charge in [-0.1, -0.05) is 78.4 Å². The smallest absolute Gasteiger partial charge is 0.376 e. The molecule has 6 heteroatoms. The van der Waals surface area contributed by atoms with E-state index in [2.05, 4.69) is 90.5 Å². The lowest BCUT2D eigenvalue weighted by Crippen LogP contribution is -2.53. The van der Waals surface area contributed by atoms with Crippen LogP contribution in [0.2, 0.25) is 0 Å². The third-order valence-corrected chi connectivity index (χ3v) is 6.60. The van der Waals surface area contributed by atoms with E-state index < -0.39 is 11.6 Å². The monoisotopic (exact) mass is 466 g/mol. The second-order valence-corrected chi connectivity index (χ2v) is 8.85. The Labute approximate surface area is 206 Å². The molecule has 6 nitrogen and oxygen atoms in total. The fraction of sp³-hybridized carbons (Fsp3) is 0.241. The maximum Gasteiger partial charge on any atom is 0.376 e. The van der Waals surface area contributed by atoms with Crippen LogP contribution in [0.5, 0.6) is 0 Å². The second-order valence-electron chi connectivity index (χ2n) is 8.85. The summed E-state index contributed by atoms with van der Waals surface area (Å²) in [4.78, 5) is 17.5. The number of hydrogen-bond acceptors (Lipinski definition) is 6. The lowest BCUT2D eigenvalue weighted by molar-refractivity contribution is -0.136. The van der Waals surface area contributed by atoms with Gasteiger partial charge in [-0.15, -0.1) is 5.10 Å². The number of esters is 1. The van der Waals surface area contributed by atoms with Crippen LogP contribution in [0.4, 0.5) is 5.69 Å². The highest BCUT2D eigenvalue weighted by Gasteiger charge is 2.53. The summed E-state index contributed by atoms with van der Waals surface area (Å²) in [5, 5.41) is 6.90. The number of amidine groups is 1. The van der Waals surface area contributed by atoms with E-state index in [1.54, 1.807) is 0 Å². The predicted molar refractivity (Wildman–Crippen MR) is 140 cm³/mol. The Morgan fingerprint density at radius 3 is 2.26 bits per heavy atom. The fourth-order valence-electron chi connectivity index (χ4n) is 4.83. The van der Waals surface area contributed by atoms with Gasteiger partial charge in [0, 0.05) is 31.4 Å². The molecular formula is C29H30N4O2. The summed E-state index contributed by atoms with van der Waals surface area (Å²) in [7, 11) is 2.09. The number of fused-ring (bicyclic) bond motifs is 1. The van der Waals surface area contributed by atoms with E-state index in [1.807, 2.05) is 36.2 Å². The third kappa shape index (κ3) is 3.95. The Bertz CT molecular complexity index is 1250. The zero-order valence-corrected chi connectivity index (χ0v) is 20.4. The highest BCUT2D eigenvalue weighted by molar-refractivity contribution is 6.36. The number of likely N-dealkylation sites (N-methyl/N-ethyl adjacent to an activating group) is 1. The van der Waals surface area contributed by atoms with Crippen molar-refractivity contribution in [2.75, 3.05) is 31.8 Å². The number of carbonyl (C=O) groups excluding carboxylic acids is 1. The minimum Gasteiger partial charge on any atom is -0.460 e. The highest BCUT2D eigenvalue weighted by atomic mass is 16.5. The molecule has 0 saturated heterocycles. The molecule has 5 rings (SSSR count). The topological polar surface area (TPSA) is 48.4 Å². The summed E-state index contributed by atoms with van der Waals surface area (Å²) in [6, 6.07) is 28.9. The number of rotatable bonds is 5. The van der Waals surface area contributed by atoms with Crippen LogP contribution in [0.1, 0.15) is 23.6 Å². The van der Waals surface area contributed by atoms with Gasteiger partial charge in [0.15, 0.2) is 5.66 Å². The normalized spacial score (nSPS) is 19.6. The molecule has 3 aromatic carbocycles. The first kappa shape index (κ1) is 22.7. The number of aryl methyl sites for hydroxylation is 1. The molecule has 1 atom stereocenters. The van der Waals surface area contributed by atoms with Gasteiger partial charge >= 0.3 is 5.97 Å². The van der Waals surface area contributed by atoms with Crippen LogP contribution >= 0.6 is 0 Å².